The number of nitriles is 1. The Morgan fingerprint density at radius 2 is 2.12 bits per heavy atom. The molecule has 3 heteroatoms. The van der Waals surface area contributed by atoms with E-state index >= 15 is 0 Å². The van der Waals surface area contributed by atoms with Gasteiger partial charge in [-0.2, -0.15) is 5.26 Å². The van der Waals surface area contributed by atoms with Crippen LogP contribution in [0.25, 0.3) is 0 Å². The second kappa shape index (κ2) is 4.54. The summed E-state index contributed by atoms with van der Waals surface area (Å²) in [6.07, 6.45) is 1.72. The van der Waals surface area contributed by atoms with Crippen LogP contribution in [0.4, 0.5) is 5.69 Å². The molecule has 1 aliphatic rings. The predicted molar refractivity (Wildman–Crippen MR) is 65.2 cm³/mol. The maximum atomic E-state index is 9.33. The van der Waals surface area contributed by atoms with Crippen LogP contribution in [-0.2, 0) is 0 Å². The Morgan fingerprint density at radius 1 is 1.38 bits per heavy atom. The Balaban J connectivity index is 2.15. The summed E-state index contributed by atoms with van der Waals surface area (Å²) in [6, 6.07) is 10.6. The van der Waals surface area contributed by atoms with E-state index in [0.29, 0.717) is 0 Å². The first-order chi connectivity index (χ1) is 7.74. The third kappa shape index (κ3) is 2.34. The van der Waals surface area contributed by atoms with Crippen molar-refractivity contribution in [1.29, 1.82) is 5.26 Å². The average Bonchev–Trinajstić information content (AvgIpc) is 2.30. The van der Waals surface area contributed by atoms with Crippen molar-refractivity contribution in [3.05, 3.63) is 29.8 Å². The maximum absolute atomic E-state index is 9.33. The van der Waals surface area contributed by atoms with Gasteiger partial charge in [0, 0.05) is 5.69 Å². The second-order valence-electron chi connectivity index (χ2n) is 4.44. The summed E-state index contributed by atoms with van der Waals surface area (Å²) in [5, 5.41) is 16.0. The maximum Gasteiger partial charge on any atom is 0.127 e. The van der Waals surface area contributed by atoms with E-state index in [1.54, 1.807) is 0 Å². The van der Waals surface area contributed by atoms with Gasteiger partial charge in [0.1, 0.15) is 5.54 Å². The number of benzene rings is 1. The van der Waals surface area contributed by atoms with Gasteiger partial charge in [-0.3, -0.25) is 0 Å². The van der Waals surface area contributed by atoms with Gasteiger partial charge in [0.2, 0.25) is 0 Å². The highest BCUT2D eigenvalue weighted by Crippen LogP contribution is 2.24. The van der Waals surface area contributed by atoms with Crippen molar-refractivity contribution in [3.8, 4) is 6.07 Å². The molecule has 0 amide bonds. The lowest BCUT2D eigenvalue weighted by Crippen LogP contribution is -2.46. The van der Waals surface area contributed by atoms with Gasteiger partial charge in [0.25, 0.3) is 0 Å². The van der Waals surface area contributed by atoms with Gasteiger partial charge in [-0.05, 0) is 50.6 Å². The number of nitrogens with one attached hydrogen (secondary N) is 2. The van der Waals surface area contributed by atoms with Crippen LogP contribution in [0.1, 0.15) is 18.4 Å². The number of piperidine rings is 1. The molecule has 84 valence electrons. The lowest BCUT2D eigenvalue weighted by Gasteiger charge is -2.33. The summed E-state index contributed by atoms with van der Waals surface area (Å²) in [4.78, 5) is 0. The Morgan fingerprint density at radius 3 is 2.75 bits per heavy atom. The van der Waals surface area contributed by atoms with E-state index < -0.39 is 0 Å². The molecule has 1 saturated heterocycles. The fourth-order valence-electron chi connectivity index (χ4n) is 2.12. The monoisotopic (exact) mass is 215 g/mol. The van der Waals surface area contributed by atoms with E-state index in [-0.39, 0.29) is 5.54 Å². The highest BCUT2D eigenvalue weighted by Gasteiger charge is 2.31. The Kier molecular flexibility index (Phi) is 3.12. The van der Waals surface area contributed by atoms with Crippen LogP contribution < -0.4 is 10.6 Å². The van der Waals surface area contributed by atoms with E-state index in [2.05, 4.69) is 35.8 Å². The molecule has 0 atom stereocenters. The molecular formula is C13H17N3. The van der Waals surface area contributed by atoms with Crippen LogP contribution in [0.15, 0.2) is 24.3 Å². The molecule has 1 heterocycles. The topological polar surface area (TPSA) is 47.9 Å². The van der Waals surface area contributed by atoms with E-state index in [1.807, 2.05) is 12.1 Å². The molecule has 2 N–H and O–H groups in total. The largest absolute Gasteiger partial charge is 0.367 e. The molecule has 0 aliphatic carbocycles. The molecule has 3 nitrogen and oxygen atoms in total. The van der Waals surface area contributed by atoms with Crippen LogP contribution in [0.3, 0.4) is 0 Å². The molecule has 0 bridgehead atoms. The summed E-state index contributed by atoms with van der Waals surface area (Å²) in [5.74, 6) is 0. The quantitative estimate of drug-likeness (QED) is 0.793. The second-order valence-corrected chi connectivity index (χ2v) is 4.44. The summed E-state index contributed by atoms with van der Waals surface area (Å²) >= 11 is 0. The first kappa shape index (κ1) is 11.0. The van der Waals surface area contributed by atoms with Crippen LogP contribution in [0, 0.1) is 18.3 Å². The Labute approximate surface area is 96.5 Å². The van der Waals surface area contributed by atoms with Crippen LogP contribution in [0.5, 0.6) is 0 Å². The number of nitrogens with zero attached hydrogens (tertiary/aromatic N) is 1. The SMILES string of the molecule is Cc1cccc(NC2(C#N)CCNCC2)c1. The fourth-order valence-corrected chi connectivity index (χ4v) is 2.12. The fraction of sp³-hybridized carbons (Fsp3) is 0.462. The Hall–Kier alpha value is -1.53. The Bertz CT molecular complexity index is 400. The number of hydrogen-bond donors (Lipinski definition) is 2. The minimum absolute atomic E-state index is 0.390. The minimum atomic E-state index is -0.390. The third-order valence-electron chi connectivity index (χ3n) is 3.07. The number of hydrogen-bond acceptors (Lipinski definition) is 3. The number of anilines is 1. The molecular weight excluding hydrogens is 198 g/mol. The van der Waals surface area contributed by atoms with E-state index in [0.717, 1.165) is 31.6 Å². The first-order valence-electron chi connectivity index (χ1n) is 5.71. The van der Waals surface area contributed by atoms with Crippen LogP contribution in [0.2, 0.25) is 0 Å². The smallest absolute Gasteiger partial charge is 0.127 e. The van der Waals surface area contributed by atoms with Gasteiger partial charge in [-0.15, -0.1) is 0 Å². The van der Waals surface area contributed by atoms with Crippen LogP contribution >= 0.6 is 0 Å². The molecule has 1 aliphatic heterocycles. The predicted octanol–water partition coefficient (Wildman–Crippen LogP) is 2.05. The first-order valence-corrected chi connectivity index (χ1v) is 5.71. The summed E-state index contributed by atoms with van der Waals surface area (Å²) in [5.41, 5.74) is 1.87. The van der Waals surface area contributed by atoms with Gasteiger partial charge in [0.05, 0.1) is 6.07 Å². The normalized spacial score (nSPS) is 18.8. The van der Waals surface area contributed by atoms with Crippen molar-refractivity contribution in [3.63, 3.8) is 0 Å². The molecule has 1 fully saturated rings. The summed E-state index contributed by atoms with van der Waals surface area (Å²) < 4.78 is 0. The number of rotatable bonds is 2. The zero-order chi connectivity index (χ0) is 11.4. The van der Waals surface area contributed by atoms with Gasteiger partial charge >= 0.3 is 0 Å². The molecule has 0 unspecified atom stereocenters. The van der Waals surface area contributed by atoms with E-state index in [9.17, 15) is 5.26 Å². The van der Waals surface area contributed by atoms with Gasteiger partial charge < -0.3 is 10.6 Å². The minimum Gasteiger partial charge on any atom is -0.367 e. The lowest BCUT2D eigenvalue weighted by molar-refractivity contribution is 0.409. The van der Waals surface area contributed by atoms with Crippen molar-refractivity contribution in [2.24, 2.45) is 0 Å². The van der Waals surface area contributed by atoms with E-state index in [4.69, 9.17) is 0 Å². The van der Waals surface area contributed by atoms with Gasteiger partial charge in [-0.1, -0.05) is 12.1 Å². The van der Waals surface area contributed by atoms with Gasteiger partial charge in [0.15, 0.2) is 0 Å². The van der Waals surface area contributed by atoms with Crippen molar-refractivity contribution >= 4 is 5.69 Å². The van der Waals surface area contributed by atoms with Crippen LogP contribution in [-0.4, -0.2) is 18.6 Å². The molecule has 16 heavy (non-hydrogen) atoms. The zero-order valence-electron chi connectivity index (χ0n) is 9.59. The average molecular weight is 215 g/mol. The highest BCUT2D eigenvalue weighted by molar-refractivity contribution is 5.49. The van der Waals surface area contributed by atoms with E-state index in [1.165, 1.54) is 5.56 Å². The summed E-state index contributed by atoms with van der Waals surface area (Å²) in [7, 11) is 0. The third-order valence-corrected chi connectivity index (χ3v) is 3.07. The molecule has 0 radical (unpaired) electrons. The van der Waals surface area contributed by atoms with Crippen molar-refractivity contribution in [1.82, 2.24) is 5.32 Å². The summed E-state index contributed by atoms with van der Waals surface area (Å²) in [6.45, 7) is 3.88. The van der Waals surface area contributed by atoms with Crippen molar-refractivity contribution in [2.75, 3.05) is 18.4 Å². The van der Waals surface area contributed by atoms with Gasteiger partial charge in [-0.25, -0.2) is 0 Å². The number of aryl methyl sites for hydroxylation is 1. The molecule has 1 aromatic carbocycles. The standard InChI is InChI=1S/C13H17N3/c1-11-3-2-4-12(9-11)16-13(10-14)5-7-15-8-6-13/h2-4,9,15-16H,5-8H2,1H3. The molecule has 2 rings (SSSR count). The molecule has 0 spiro atoms. The van der Waals surface area contributed by atoms with Crippen molar-refractivity contribution in [2.45, 2.75) is 25.3 Å². The molecule has 0 saturated carbocycles. The lowest BCUT2D eigenvalue weighted by atomic mass is 9.89. The zero-order valence-corrected chi connectivity index (χ0v) is 9.59. The van der Waals surface area contributed by atoms with Crippen molar-refractivity contribution < 1.29 is 0 Å². The molecule has 1 aromatic rings. The highest BCUT2D eigenvalue weighted by atomic mass is 15.0. The molecule has 0 aromatic heterocycles.